The van der Waals surface area contributed by atoms with E-state index < -0.39 is 0 Å². The van der Waals surface area contributed by atoms with Crippen molar-refractivity contribution < 1.29 is 9.59 Å². The Bertz CT molecular complexity index is 620. The van der Waals surface area contributed by atoms with Crippen LogP contribution < -0.4 is 10.6 Å². The van der Waals surface area contributed by atoms with E-state index >= 15 is 0 Å². The Morgan fingerprint density at radius 1 is 1.13 bits per heavy atom. The van der Waals surface area contributed by atoms with Crippen molar-refractivity contribution in [3.8, 4) is 0 Å². The minimum Gasteiger partial charge on any atom is -0.350 e. The lowest BCUT2D eigenvalue weighted by atomic mass is 9.97. The summed E-state index contributed by atoms with van der Waals surface area (Å²) in [4.78, 5) is 28.3. The average Bonchev–Trinajstić information content (AvgIpc) is 3.40. The normalized spacial score (nSPS) is 17.3. The molecule has 0 atom stereocenters. The molecule has 3 rings (SSSR count). The molecule has 0 saturated heterocycles. The highest BCUT2D eigenvalue weighted by Gasteiger charge is 2.24. The van der Waals surface area contributed by atoms with E-state index in [-0.39, 0.29) is 17.9 Å². The molecular weight excluding hydrogens is 290 g/mol. The van der Waals surface area contributed by atoms with Crippen LogP contribution in [0.5, 0.6) is 0 Å². The molecule has 2 N–H and O–H groups in total. The summed E-state index contributed by atoms with van der Waals surface area (Å²) in [5.74, 6) is -0.419. The first kappa shape index (κ1) is 15.7. The zero-order valence-electron chi connectivity index (χ0n) is 13.3. The number of nitrogens with one attached hydrogen (secondary N) is 2. The molecule has 2 aliphatic rings. The third-order valence-electron chi connectivity index (χ3n) is 4.24. The van der Waals surface area contributed by atoms with Gasteiger partial charge in [0.25, 0.3) is 11.8 Å². The van der Waals surface area contributed by atoms with Crippen LogP contribution in [0.3, 0.4) is 0 Å². The quantitative estimate of drug-likeness (QED) is 0.793. The average molecular weight is 313 g/mol. The zero-order chi connectivity index (χ0) is 16.1. The van der Waals surface area contributed by atoms with Crippen molar-refractivity contribution in [3.63, 3.8) is 0 Å². The van der Waals surface area contributed by atoms with E-state index in [0.29, 0.717) is 17.9 Å². The summed E-state index contributed by atoms with van der Waals surface area (Å²) >= 11 is 0. The molecule has 5 nitrogen and oxygen atoms in total. The molecule has 1 saturated carbocycles. The SMILES string of the molecule is O=C(NCCC1=CCCCC1)c1cccc(C(=O)NC2CC2)n1. The molecule has 0 unspecified atom stereocenters. The van der Waals surface area contributed by atoms with Gasteiger partial charge in [0.05, 0.1) is 0 Å². The highest BCUT2D eigenvalue weighted by molar-refractivity contribution is 5.96. The van der Waals surface area contributed by atoms with Gasteiger partial charge in [0, 0.05) is 12.6 Å². The van der Waals surface area contributed by atoms with Crippen LogP contribution in [0.15, 0.2) is 29.8 Å². The molecule has 0 radical (unpaired) electrons. The van der Waals surface area contributed by atoms with Crippen LogP contribution in [0.1, 0.15) is 65.9 Å². The van der Waals surface area contributed by atoms with Gasteiger partial charge in [0.15, 0.2) is 0 Å². The molecule has 2 amide bonds. The molecule has 1 aromatic rings. The predicted molar refractivity (Wildman–Crippen MR) is 88.2 cm³/mol. The standard InChI is InChI=1S/C18H23N3O2/c22-17(19-12-11-13-5-2-1-3-6-13)15-7-4-8-16(21-15)18(23)20-14-9-10-14/h4-5,7-8,14H,1-3,6,9-12H2,(H,19,22)(H,20,23). The molecule has 122 valence electrons. The van der Waals surface area contributed by atoms with Gasteiger partial charge in [-0.3, -0.25) is 9.59 Å². The molecule has 2 aliphatic carbocycles. The van der Waals surface area contributed by atoms with E-state index in [4.69, 9.17) is 0 Å². The van der Waals surface area contributed by atoms with Gasteiger partial charge in [-0.1, -0.05) is 17.7 Å². The van der Waals surface area contributed by atoms with E-state index in [9.17, 15) is 9.59 Å². The van der Waals surface area contributed by atoms with Gasteiger partial charge in [-0.15, -0.1) is 0 Å². The smallest absolute Gasteiger partial charge is 0.270 e. The van der Waals surface area contributed by atoms with Gasteiger partial charge < -0.3 is 10.6 Å². The zero-order valence-corrected chi connectivity index (χ0v) is 13.3. The van der Waals surface area contributed by atoms with Crippen LogP contribution in [0.2, 0.25) is 0 Å². The maximum absolute atomic E-state index is 12.2. The Morgan fingerprint density at radius 2 is 1.91 bits per heavy atom. The van der Waals surface area contributed by atoms with Gasteiger partial charge >= 0.3 is 0 Å². The highest BCUT2D eigenvalue weighted by Crippen LogP contribution is 2.20. The minimum atomic E-state index is -0.220. The van der Waals surface area contributed by atoms with Crippen LogP contribution in [0.4, 0.5) is 0 Å². The minimum absolute atomic E-state index is 0.200. The molecule has 0 spiro atoms. The number of hydrogen-bond donors (Lipinski definition) is 2. The number of carbonyl (C=O) groups excluding carboxylic acids is 2. The van der Waals surface area contributed by atoms with E-state index in [1.54, 1.807) is 18.2 Å². The summed E-state index contributed by atoms with van der Waals surface area (Å²) in [6.45, 7) is 0.616. The Morgan fingerprint density at radius 3 is 2.61 bits per heavy atom. The van der Waals surface area contributed by atoms with Crippen molar-refractivity contribution in [2.75, 3.05) is 6.54 Å². The number of pyridine rings is 1. The number of aromatic nitrogens is 1. The number of carbonyl (C=O) groups is 2. The molecule has 0 bridgehead atoms. The van der Waals surface area contributed by atoms with Crippen LogP contribution >= 0.6 is 0 Å². The van der Waals surface area contributed by atoms with Crippen molar-refractivity contribution >= 4 is 11.8 Å². The van der Waals surface area contributed by atoms with Gasteiger partial charge in [0.2, 0.25) is 0 Å². The molecule has 1 aromatic heterocycles. The third kappa shape index (κ3) is 4.65. The summed E-state index contributed by atoms with van der Waals surface area (Å²) in [7, 11) is 0. The number of amides is 2. The lowest BCUT2D eigenvalue weighted by molar-refractivity contribution is 0.0943. The third-order valence-corrected chi connectivity index (χ3v) is 4.24. The molecule has 1 heterocycles. The maximum atomic E-state index is 12.2. The van der Waals surface area contributed by atoms with E-state index in [0.717, 1.165) is 32.1 Å². The topological polar surface area (TPSA) is 71.1 Å². The lowest BCUT2D eigenvalue weighted by Gasteiger charge is -2.13. The Balaban J connectivity index is 1.52. The van der Waals surface area contributed by atoms with Crippen molar-refractivity contribution in [2.45, 2.75) is 51.0 Å². The van der Waals surface area contributed by atoms with Crippen molar-refractivity contribution in [1.29, 1.82) is 0 Å². The van der Waals surface area contributed by atoms with Crippen LogP contribution in [0.25, 0.3) is 0 Å². The summed E-state index contributed by atoms with van der Waals surface area (Å²) in [6.07, 6.45) is 10.1. The molecule has 23 heavy (non-hydrogen) atoms. The molecule has 1 fully saturated rings. The second-order valence-electron chi connectivity index (χ2n) is 6.27. The first-order chi connectivity index (χ1) is 11.2. The van der Waals surface area contributed by atoms with Crippen molar-refractivity contribution in [2.24, 2.45) is 0 Å². The fourth-order valence-electron chi connectivity index (χ4n) is 2.73. The predicted octanol–water partition coefficient (Wildman–Crippen LogP) is 2.59. The second-order valence-corrected chi connectivity index (χ2v) is 6.27. The number of rotatable bonds is 6. The summed E-state index contributed by atoms with van der Waals surface area (Å²) in [6, 6.07) is 5.27. The summed E-state index contributed by atoms with van der Waals surface area (Å²) < 4.78 is 0. The number of hydrogen-bond acceptors (Lipinski definition) is 3. The van der Waals surface area contributed by atoms with Gasteiger partial charge in [-0.05, 0) is 57.1 Å². The number of nitrogens with zero attached hydrogens (tertiary/aromatic N) is 1. The van der Waals surface area contributed by atoms with Gasteiger partial charge in [-0.25, -0.2) is 4.98 Å². The second kappa shape index (κ2) is 7.40. The number of allylic oxidation sites excluding steroid dienone is 1. The fraction of sp³-hybridized carbons (Fsp3) is 0.500. The molecule has 0 aromatic carbocycles. The van der Waals surface area contributed by atoms with Crippen molar-refractivity contribution in [1.82, 2.24) is 15.6 Å². The Kier molecular flexibility index (Phi) is 5.05. The van der Waals surface area contributed by atoms with E-state index in [1.807, 2.05) is 0 Å². The largest absolute Gasteiger partial charge is 0.350 e. The first-order valence-electron chi connectivity index (χ1n) is 8.46. The molecule has 5 heteroatoms. The molecular formula is C18H23N3O2. The van der Waals surface area contributed by atoms with E-state index in [1.165, 1.54) is 18.4 Å². The van der Waals surface area contributed by atoms with Crippen molar-refractivity contribution in [3.05, 3.63) is 41.2 Å². The maximum Gasteiger partial charge on any atom is 0.270 e. The Labute approximate surface area is 136 Å². The lowest BCUT2D eigenvalue weighted by Crippen LogP contribution is -2.29. The van der Waals surface area contributed by atoms with Crippen LogP contribution in [-0.2, 0) is 0 Å². The van der Waals surface area contributed by atoms with Crippen LogP contribution in [0, 0.1) is 0 Å². The van der Waals surface area contributed by atoms with Crippen LogP contribution in [-0.4, -0.2) is 29.4 Å². The first-order valence-corrected chi connectivity index (χ1v) is 8.46. The van der Waals surface area contributed by atoms with Gasteiger partial charge in [0.1, 0.15) is 11.4 Å². The fourth-order valence-corrected chi connectivity index (χ4v) is 2.73. The summed E-state index contributed by atoms with van der Waals surface area (Å²) in [5.41, 5.74) is 2.03. The van der Waals surface area contributed by atoms with Gasteiger partial charge in [-0.2, -0.15) is 0 Å². The monoisotopic (exact) mass is 313 g/mol. The van der Waals surface area contributed by atoms with E-state index in [2.05, 4.69) is 21.7 Å². The summed E-state index contributed by atoms with van der Waals surface area (Å²) in [5, 5.41) is 5.77. The highest BCUT2D eigenvalue weighted by atomic mass is 16.2. The molecule has 0 aliphatic heterocycles. The Hall–Kier alpha value is -2.17.